The summed E-state index contributed by atoms with van der Waals surface area (Å²) in [4.78, 5) is 25.9. The molecular formula is C51H42Cl2F6N5O3+. The predicted molar refractivity (Wildman–Crippen MR) is 243 cm³/mol. The third-order valence-corrected chi connectivity index (χ3v) is 12.9. The molecule has 1 atom stereocenters. The smallest absolute Gasteiger partial charge is 0.334 e. The van der Waals surface area contributed by atoms with E-state index in [1.807, 2.05) is 0 Å². The number of halogens is 8. The molecule has 1 fully saturated rings. The maximum atomic E-state index is 14.9. The summed E-state index contributed by atoms with van der Waals surface area (Å²) in [5, 5.41) is 21.0. The fourth-order valence-electron chi connectivity index (χ4n) is 9.05. The minimum absolute atomic E-state index is 0.0935. The standard InChI is InChI=1S/C51H41Cl2F6N5O3/c52-41-22-17-37(18-23-41)49(38-19-24-42(53)25-20-38,60-48(65)36-13-26-43(27-14-36)64(66)67)47(29-33-7-3-1-4-8-33)63-32-46(62(61-63)31-34-11-15-39(16-12-34)50(54,55)56)44-28-21-40(51(57,58)59)30-45(44)35-9-5-2-6-10-35/h2,5-6,9-28,30,32-33,47H,1,3-4,7-8,29,31H2/p+1/t47-/m0/s1. The number of nitrogens with zero attached hydrogens (tertiary/aromatic N) is 4. The molecule has 1 aromatic heterocycles. The Labute approximate surface area is 391 Å². The van der Waals surface area contributed by atoms with Gasteiger partial charge >= 0.3 is 12.4 Å². The first kappa shape index (κ1) is 47.0. The van der Waals surface area contributed by atoms with Gasteiger partial charge in [-0.05, 0) is 107 Å². The van der Waals surface area contributed by atoms with Crippen molar-refractivity contribution in [3.63, 3.8) is 0 Å². The number of hydrogen-bond acceptors (Lipinski definition) is 4. The highest BCUT2D eigenvalue weighted by Crippen LogP contribution is 2.45. The summed E-state index contributed by atoms with van der Waals surface area (Å²) in [6.45, 7) is -0.101. The Hall–Kier alpha value is -6.51. The summed E-state index contributed by atoms with van der Waals surface area (Å²) in [5.74, 6) is -0.497. The minimum Gasteiger partial charge on any atom is -0.334 e. The molecule has 0 aliphatic heterocycles. The van der Waals surface area contributed by atoms with Gasteiger partial charge < -0.3 is 5.32 Å². The SMILES string of the molecule is O=C(NC(c1ccc(Cl)cc1)(c1ccc(Cl)cc1)[C@H](CC1CCCCC1)[n+]1cc(-c2ccc(C(F)(F)F)cc2-c2ccccc2)n(Cc2ccc(C(F)(F)F)cc2)n1)c1ccc([N+](=O)[O-])cc1. The molecule has 1 aliphatic rings. The first-order valence-corrected chi connectivity index (χ1v) is 22.3. The van der Waals surface area contributed by atoms with Crippen molar-refractivity contribution in [1.29, 1.82) is 0 Å². The van der Waals surface area contributed by atoms with Gasteiger partial charge in [0.05, 0.1) is 21.3 Å². The molecule has 1 aliphatic carbocycles. The first-order valence-electron chi connectivity index (χ1n) is 21.5. The number of aromatic nitrogens is 3. The average Bonchev–Trinajstić information content (AvgIpc) is 3.73. The van der Waals surface area contributed by atoms with Crippen molar-refractivity contribution in [2.24, 2.45) is 5.92 Å². The van der Waals surface area contributed by atoms with Crippen LogP contribution in [0, 0.1) is 16.0 Å². The highest BCUT2D eigenvalue weighted by atomic mass is 35.5. The highest BCUT2D eigenvalue weighted by Gasteiger charge is 2.50. The number of carbonyl (C=O) groups excluding carboxylic acids is 1. The lowest BCUT2D eigenvalue weighted by molar-refractivity contribution is -0.787. The van der Waals surface area contributed by atoms with Gasteiger partial charge in [0.2, 0.25) is 0 Å². The molecule has 16 heteroatoms. The van der Waals surface area contributed by atoms with Gasteiger partial charge in [-0.2, -0.15) is 26.3 Å². The third kappa shape index (κ3) is 10.4. The largest absolute Gasteiger partial charge is 0.416 e. The number of nitro benzene ring substituents is 1. The number of amides is 1. The molecule has 0 unspecified atom stereocenters. The van der Waals surface area contributed by atoms with Crippen LogP contribution in [0.5, 0.6) is 0 Å². The third-order valence-electron chi connectivity index (χ3n) is 12.4. The van der Waals surface area contributed by atoms with Crippen LogP contribution in [-0.4, -0.2) is 20.7 Å². The zero-order valence-corrected chi connectivity index (χ0v) is 37.1. The molecular weight excluding hydrogens is 915 g/mol. The number of hydrogen-bond donors (Lipinski definition) is 1. The number of rotatable bonds is 13. The van der Waals surface area contributed by atoms with E-state index in [9.17, 15) is 41.3 Å². The van der Waals surface area contributed by atoms with Gasteiger partial charge in [-0.25, -0.2) is 0 Å². The maximum Gasteiger partial charge on any atom is 0.416 e. The number of carbonyl (C=O) groups is 1. The molecule has 0 saturated heterocycles. The number of non-ortho nitro benzene ring substituents is 1. The Bertz CT molecular complexity index is 2800. The van der Waals surface area contributed by atoms with Gasteiger partial charge in [0, 0.05) is 33.3 Å². The fourth-order valence-corrected chi connectivity index (χ4v) is 9.30. The van der Waals surface area contributed by atoms with E-state index in [-0.39, 0.29) is 29.3 Å². The van der Waals surface area contributed by atoms with Crippen molar-refractivity contribution in [1.82, 2.24) is 15.2 Å². The van der Waals surface area contributed by atoms with E-state index < -0.39 is 45.9 Å². The fraction of sp³-hybridized carbons (Fsp3) is 0.235. The summed E-state index contributed by atoms with van der Waals surface area (Å²) in [6, 6.07) is 34.8. The van der Waals surface area contributed by atoms with Crippen molar-refractivity contribution in [3.8, 4) is 22.4 Å². The molecule has 1 amide bonds. The summed E-state index contributed by atoms with van der Waals surface area (Å²) in [7, 11) is 0. The summed E-state index contributed by atoms with van der Waals surface area (Å²) in [5.41, 5.74) is -0.412. The van der Waals surface area contributed by atoms with Gasteiger partial charge in [-0.1, -0.05) is 122 Å². The summed E-state index contributed by atoms with van der Waals surface area (Å²) in [6.07, 6.45) is -2.53. The van der Waals surface area contributed by atoms with Crippen molar-refractivity contribution >= 4 is 34.8 Å². The predicted octanol–water partition coefficient (Wildman–Crippen LogP) is 13.7. The molecule has 0 radical (unpaired) electrons. The molecule has 1 heterocycles. The van der Waals surface area contributed by atoms with Crippen LogP contribution < -0.4 is 10.00 Å². The number of nitrogens with one attached hydrogen (secondary N) is 1. The Balaban J connectivity index is 1.41. The zero-order chi connectivity index (χ0) is 47.5. The number of alkyl halides is 6. The second-order valence-corrected chi connectivity index (χ2v) is 17.6. The average molecular weight is 958 g/mol. The topological polar surface area (TPSA) is 93.9 Å². The molecule has 8 nitrogen and oxygen atoms in total. The van der Waals surface area contributed by atoms with Crippen LogP contribution in [0.3, 0.4) is 0 Å². The molecule has 6 aromatic carbocycles. The van der Waals surface area contributed by atoms with Crippen molar-refractivity contribution in [3.05, 3.63) is 205 Å². The van der Waals surface area contributed by atoms with Crippen LogP contribution >= 0.6 is 23.2 Å². The second kappa shape index (κ2) is 19.4. The molecule has 8 rings (SSSR count). The number of benzene rings is 6. The molecule has 1 saturated carbocycles. The van der Waals surface area contributed by atoms with Gasteiger partial charge in [-0.3, -0.25) is 14.9 Å². The molecule has 344 valence electrons. The Morgan fingerprint density at radius 1 is 0.716 bits per heavy atom. The molecule has 1 N–H and O–H groups in total. The van der Waals surface area contributed by atoms with Gasteiger partial charge in [0.15, 0.2) is 17.9 Å². The lowest BCUT2D eigenvalue weighted by Crippen LogP contribution is -2.61. The summed E-state index contributed by atoms with van der Waals surface area (Å²) >= 11 is 13.0. The van der Waals surface area contributed by atoms with Crippen molar-refractivity contribution in [2.75, 3.05) is 0 Å². The Morgan fingerprint density at radius 2 is 1.27 bits per heavy atom. The lowest BCUT2D eigenvalue weighted by atomic mass is 9.71. The first-order chi connectivity index (χ1) is 32.0. The van der Waals surface area contributed by atoms with Crippen LogP contribution in [0.1, 0.15) is 82.7 Å². The molecule has 7 aromatic rings. The Morgan fingerprint density at radius 3 is 1.82 bits per heavy atom. The van der Waals surface area contributed by atoms with Crippen LogP contribution in [0.25, 0.3) is 22.4 Å². The van der Waals surface area contributed by atoms with Crippen LogP contribution in [0.4, 0.5) is 32.0 Å². The zero-order valence-electron chi connectivity index (χ0n) is 35.6. The van der Waals surface area contributed by atoms with E-state index in [2.05, 4.69) is 5.32 Å². The van der Waals surface area contributed by atoms with E-state index in [0.29, 0.717) is 50.0 Å². The van der Waals surface area contributed by atoms with E-state index in [4.69, 9.17) is 28.4 Å². The van der Waals surface area contributed by atoms with Crippen molar-refractivity contribution < 1.29 is 40.7 Å². The quantitative estimate of drug-likeness (QED) is 0.0539. The normalized spacial score (nSPS) is 14.1. The minimum atomic E-state index is -4.69. The Kier molecular flexibility index (Phi) is 13.6. The molecule has 0 spiro atoms. The summed E-state index contributed by atoms with van der Waals surface area (Å²) < 4.78 is 87.8. The van der Waals surface area contributed by atoms with Crippen molar-refractivity contribution in [2.45, 2.75) is 69.0 Å². The van der Waals surface area contributed by atoms with E-state index in [0.717, 1.165) is 56.4 Å². The molecule has 67 heavy (non-hydrogen) atoms. The van der Waals surface area contributed by atoms with Crippen LogP contribution in [0.2, 0.25) is 10.0 Å². The van der Waals surface area contributed by atoms with E-state index in [1.54, 1.807) is 94.4 Å². The number of nitro groups is 1. The van der Waals surface area contributed by atoms with Gasteiger partial charge in [0.25, 0.3) is 11.6 Å². The van der Waals surface area contributed by atoms with Gasteiger partial charge in [-0.15, -0.1) is 9.36 Å². The monoisotopic (exact) mass is 956 g/mol. The maximum absolute atomic E-state index is 14.9. The van der Waals surface area contributed by atoms with Crippen LogP contribution in [0.15, 0.2) is 152 Å². The van der Waals surface area contributed by atoms with E-state index >= 15 is 0 Å². The van der Waals surface area contributed by atoms with Crippen LogP contribution in [-0.2, 0) is 24.4 Å². The lowest BCUT2D eigenvalue weighted by Gasteiger charge is -2.41. The van der Waals surface area contributed by atoms with E-state index in [1.165, 1.54) is 42.5 Å². The second-order valence-electron chi connectivity index (χ2n) is 16.7. The molecule has 0 bridgehead atoms. The highest BCUT2D eigenvalue weighted by molar-refractivity contribution is 6.30. The van der Waals surface area contributed by atoms with Gasteiger partial charge in [0.1, 0.15) is 12.1 Å².